The number of benzene rings is 2. The van der Waals surface area contributed by atoms with E-state index < -0.39 is 23.7 Å². The molecule has 0 aliphatic heterocycles. The molecular formula is C21H22N4O4. The van der Waals surface area contributed by atoms with Crippen LogP contribution in [0, 0.1) is 17.2 Å². The minimum absolute atomic E-state index is 0.0554. The molecule has 8 heteroatoms. The van der Waals surface area contributed by atoms with Gasteiger partial charge in [0.2, 0.25) is 5.91 Å². The second-order valence-electron chi connectivity index (χ2n) is 6.85. The number of hydroxylamine groups is 1. The number of anilines is 1. The molecule has 2 aromatic rings. The number of nitrogen functional groups attached to an aromatic ring is 1. The molecule has 2 atom stereocenters. The molecule has 2 amide bonds. The maximum Gasteiger partial charge on any atom is 0.332 e. The SMILES string of the molecule is N=C(N)c1ccc(NC(=O)C2C[C@@H]2C(=O)NOC(=O)CCc2ccccc2)cc1. The van der Waals surface area contributed by atoms with E-state index in [2.05, 4.69) is 10.8 Å². The first-order valence-corrected chi connectivity index (χ1v) is 9.23. The summed E-state index contributed by atoms with van der Waals surface area (Å²) in [6.45, 7) is 0. The summed E-state index contributed by atoms with van der Waals surface area (Å²) < 4.78 is 0. The van der Waals surface area contributed by atoms with Gasteiger partial charge in [-0.2, -0.15) is 5.48 Å². The summed E-state index contributed by atoms with van der Waals surface area (Å²) in [4.78, 5) is 40.9. The van der Waals surface area contributed by atoms with Crippen molar-refractivity contribution in [1.82, 2.24) is 5.48 Å². The van der Waals surface area contributed by atoms with Crippen LogP contribution in [0.3, 0.4) is 0 Å². The molecule has 2 aromatic carbocycles. The number of amides is 2. The summed E-state index contributed by atoms with van der Waals surface area (Å²) in [5, 5.41) is 10.1. The van der Waals surface area contributed by atoms with Crippen molar-refractivity contribution in [2.75, 3.05) is 5.32 Å². The van der Waals surface area contributed by atoms with Crippen LogP contribution in [0.2, 0.25) is 0 Å². The highest BCUT2D eigenvalue weighted by Gasteiger charge is 2.48. The van der Waals surface area contributed by atoms with Gasteiger partial charge >= 0.3 is 5.97 Å². The summed E-state index contributed by atoms with van der Waals surface area (Å²) >= 11 is 0. The minimum atomic E-state index is -0.533. The Labute approximate surface area is 167 Å². The monoisotopic (exact) mass is 394 g/mol. The van der Waals surface area contributed by atoms with Crippen LogP contribution in [0.4, 0.5) is 5.69 Å². The second-order valence-corrected chi connectivity index (χ2v) is 6.85. The Balaban J connectivity index is 1.38. The summed E-state index contributed by atoms with van der Waals surface area (Å²) in [5.41, 5.74) is 9.65. The number of carbonyl (C=O) groups is 3. The van der Waals surface area contributed by atoms with E-state index in [9.17, 15) is 14.4 Å². The predicted molar refractivity (Wildman–Crippen MR) is 107 cm³/mol. The standard InChI is InChI=1S/C21H22N4O4/c22-19(23)14-7-9-15(10-8-14)24-20(27)16-12-17(16)21(28)25-29-18(26)11-6-13-4-2-1-3-5-13/h1-5,7-10,16-17H,6,11-12H2,(H3,22,23)(H,24,27)(H,25,28)/t16?,17-/m0/s1. The van der Waals surface area contributed by atoms with Crippen LogP contribution in [-0.2, 0) is 25.6 Å². The average Bonchev–Trinajstić information content (AvgIpc) is 3.53. The van der Waals surface area contributed by atoms with Gasteiger partial charge in [0.1, 0.15) is 5.84 Å². The van der Waals surface area contributed by atoms with E-state index in [-0.39, 0.29) is 18.2 Å². The maximum absolute atomic E-state index is 12.2. The zero-order valence-corrected chi connectivity index (χ0v) is 15.7. The Morgan fingerprint density at radius 3 is 2.31 bits per heavy atom. The largest absolute Gasteiger partial charge is 0.384 e. The van der Waals surface area contributed by atoms with Gasteiger partial charge in [-0.15, -0.1) is 0 Å². The molecule has 0 heterocycles. The smallest absolute Gasteiger partial charge is 0.332 e. The Morgan fingerprint density at radius 1 is 1.00 bits per heavy atom. The molecule has 1 aliphatic carbocycles. The third-order valence-corrected chi connectivity index (χ3v) is 4.65. The number of rotatable bonds is 7. The molecule has 0 bridgehead atoms. The van der Waals surface area contributed by atoms with Crippen LogP contribution < -0.4 is 16.5 Å². The lowest BCUT2D eigenvalue weighted by Crippen LogP contribution is -2.30. The number of carbonyl (C=O) groups excluding carboxylic acids is 3. The van der Waals surface area contributed by atoms with E-state index in [1.165, 1.54) is 0 Å². The molecule has 29 heavy (non-hydrogen) atoms. The van der Waals surface area contributed by atoms with Gasteiger partial charge in [0.15, 0.2) is 0 Å². The van der Waals surface area contributed by atoms with Crippen LogP contribution in [0.5, 0.6) is 0 Å². The number of aryl methyl sites for hydroxylation is 1. The van der Waals surface area contributed by atoms with E-state index in [1.54, 1.807) is 24.3 Å². The summed E-state index contributed by atoms with van der Waals surface area (Å²) in [6, 6.07) is 16.0. The molecule has 8 nitrogen and oxygen atoms in total. The minimum Gasteiger partial charge on any atom is -0.384 e. The highest BCUT2D eigenvalue weighted by atomic mass is 16.7. The van der Waals surface area contributed by atoms with Gasteiger partial charge in [-0.1, -0.05) is 30.3 Å². The number of amidine groups is 1. The summed E-state index contributed by atoms with van der Waals surface area (Å²) in [7, 11) is 0. The van der Waals surface area contributed by atoms with Crippen LogP contribution in [0.1, 0.15) is 24.0 Å². The maximum atomic E-state index is 12.2. The molecule has 3 rings (SSSR count). The van der Waals surface area contributed by atoms with E-state index in [0.29, 0.717) is 24.1 Å². The molecule has 1 aliphatic rings. The van der Waals surface area contributed by atoms with Gasteiger partial charge < -0.3 is 15.9 Å². The molecule has 1 saturated carbocycles. The van der Waals surface area contributed by atoms with E-state index >= 15 is 0 Å². The first kappa shape index (κ1) is 20.1. The van der Waals surface area contributed by atoms with E-state index in [4.69, 9.17) is 16.0 Å². The molecule has 0 saturated heterocycles. The molecule has 150 valence electrons. The van der Waals surface area contributed by atoms with Gasteiger partial charge in [-0.25, -0.2) is 4.79 Å². The fourth-order valence-electron chi connectivity index (χ4n) is 2.87. The van der Waals surface area contributed by atoms with Crippen LogP contribution >= 0.6 is 0 Å². The third-order valence-electron chi connectivity index (χ3n) is 4.65. The number of hydrogen-bond acceptors (Lipinski definition) is 5. The number of hydrogen-bond donors (Lipinski definition) is 4. The van der Waals surface area contributed by atoms with Crippen LogP contribution in [0.15, 0.2) is 54.6 Å². The van der Waals surface area contributed by atoms with Crippen molar-refractivity contribution in [1.29, 1.82) is 5.41 Å². The van der Waals surface area contributed by atoms with Crippen molar-refractivity contribution in [2.24, 2.45) is 17.6 Å². The zero-order chi connectivity index (χ0) is 20.8. The Kier molecular flexibility index (Phi) is 6.23. The average molecular weight is 394 g/mol. The first-order chi connectivity index (χ1) is 13.9. The van der Waals surface area contributed by atoms with Crippen molar-refractivity contribution < 1.29 is 19.2 Å². The zero-order valence-electron chi connectivity index (χ0n) is 15.7. The first-order valence-electron chi connectivity index (χ1n) is 9.23. The van der Waals surface area contributed by atoms with Gasteiger partial charge in [-0.05, 0) is 42.7 Å². The summed E-state index contributed by atoms with van der Waals surface area (Å²) in [5.74, 6) is -2.34. The van der Waals surface area contributed by atoms with Gasteiger partial charge in [0, 0.05) is 11.3 Å². The van der Waals surface area contributed by atoms with Crippen molar-refractivity contribution in [3.8, 4) is 0 Å². The molecule has 1 fully saturated rings. The second kappa shape index (κ2) is 9.01. The van der Waals surface area contributed by atoms with E-state index in [1.807, 2.05) is 30.3 Å². The molecule has 0 radical (unpaired) electrons. The normalized spacial score (nSPS) is 17.1. The quantitative estimate of drug-likeness (QED) is 0.322. The Hall–Kier alpha value is -3.68. The molecule has 1 unspecified atom stereocenters. The lowest BCUT2D eigenvalue weighted by atomic mass is 10.1. The van der Waals surface area contributed by atoms with Gasteiger partial charge in [-0.3, -0.25) is 15.0 Å². The highest BCUT2D eigenvalue weighted by Crippen LogP contribution is 2.39. The number of nitrogens with one attached hydrogen (secondary N) is 3. The van der Waals surface area contributed by atoms with Crippen LogP contribution in [-0.4, -0.2) is 23.6 Å². The topological polar surface area (TPSA) is 134 Å². The molecular weight excluding hydrogens is 372 g/mol. The third kappa shape index (κ3) is 5.65. The van der Waals surface area contributed by atoms with Gasteiger partial charge in [0.25, 0.3) is 5.91 Å². The van der Waals surface area contributed by atoms with Crippen molar-refractivity contribution >= 4 is 29.3 Å². The fraction of sp³-hybridized carbons (Fsp3) is 0.238. The van der Waals surface area contributed by atoms with Crippen LogP contribution in [0.25, 0.3) is 0 Å². The van der Waals surface area contributed by atoms with E-state index in [0.717, 1.165) is 5.56 Å². The predicted octanol–water partition coefficient (Wildman–Crippen LogP) is 1.75. The highest BCUT2D eigenvalue weighted by molar-refractivity contribution is 6.00. The molecule has 0 spiro atoms. The lowest BCUT2D eigenvalue weighted by molar-refractivity contribution is -0.158. The van der Waals surface area contributed by atoms with Crippen molar-refractivity contribution in [3.63, 3.8) is 0 Å². The molecule has 5 N–H and O–H groups in total. The number of nitrogens with two attached hydrogens (primary N) is 1. The fourth-order valence-corrected chi connectivity index (χ4v) is 2.87. The molecule has 0 aromatic heterocycles. The van der Waals surface area contributed by atoms with Gasteiger partial charge in [0.05, 0.1) is 18.3 Å². The summed E-state index contributed by atoms with van der Waals surface area (Å²) in [6.07, 6.45) is 1.06. The Bertz CT molecular complexity index is 912. The van der Waals surface area contributed by atoms with Crippen molar-refractivity contribution in [2.45, 2.75) is 19.3 Å². The van der Waals surface area contributed by atoms with Crippen molar-refractivity contribution in [3.05, 3.63) is 65.7 Å². The lowest BCUT2D eigenvalue weighted by Gasteiger charge is -2.07. The Morgan fingerprint density at radius 2 is 1.66 bits per heavy atom.